The molecule has 0 amide bonds. The van der Waals surface area contributed by atoms with Gasteiger partial charge in [-0.25, -0.2) is 0 Å². The molecule has 0 radical (unpaired) electrons. The van der Waals surface area contributed by atoms with Gasteiger partial charge in [-0.2, -0.15) is 0 Å². The van der Waals surface area contributed by atoms with Crippen LogP contribution in [0.1, 0.15) is 18.1 Å². The number of benzene rings is 2. The van der Waals surface area contributed by atoms with Gasteiger partial charge in [0.05, 0.1) is 0 Å². The molecule has 0 aliphatic heterocycles. The smallest absolute Gasteiger partial charge is 0.122 e. The van der Waals surface area contributed by atoms with Crippen molar-refractivity contribution in [2.45, 2.75) is 12.5 Å². The minimum Gasteiger partial charge on any atom is -0.550 e. The van der Waals surface area contributed by atoms with E-state index in [1.807, 2.05) is 12.1 Å². The number of rotatable bonds is 4. The molecular formula is C16H15O3-. The zero-order valence-electron chi connectivity index (χ0n) is 10.6. The van der Waals surface area contributed by atoms with Gasteiger partial charge >= 0.3 is 0 Å². The van der Waals surface area contributed by atoms with Gasteiger partial charge in [-0.1, -0.05) is 67.6 Å². The van der Waals surface area contributed by atoms with E-state index in [0.29, 0.717) is 11.1 Å². The van der Waals surface area contributed by atoms with Gasteiger partial charge in [0.15, 0.2) is 0 Å². The second-order valence-electron chi connectivity index (χ2n) is 4.54. The van der Waals surface area contributed by atoms with Crippen molar-refractivity contribution in [1.82, 2.24) is 0 Å². The third-order valence-corrected chi connectivity index (χ3v) is 3.41. The number of carbonyl (C=O) groups is 1. The average Bonchev–Trinajstić information content (AvgIpc) is 2.47. The van der Waals surface area contributed by atoms with E-state index in [4.69, 9.17) is 0 Å². The van der Waals surface area contributed by atoms with Crippen molar-refractivity contribution < 1.29 is 15.0 Å². The van der Waals surface area contributed by atoms with Crippen molar-refractivity contribution in [2.75, 3.05) is 0 Å². The molecular weight excluding hydrogens is 240 g/mol. The largest absolute Gasteiger partial charge is 0.550 e. The van der Waals surface area contributed by atoms with Crippen LogP contribution in [0, 0.1) is 5.92 Å². The molecule has 1 atom stereocenters. The van der Waals surface area contributed by atoms with E-state index < -0.39 is 17.5 Å². The van der Waals surface area contributed by atoms with Crippen molar-refractivity contribution in [1.29, 1.82) is 0 Å². The molecule has 0 aliphatic rings. The lowest BCUT2D eigenvalue weighted by molar-refractivity contribution is -0.316. The molecule has 0 heterocycles. The van der Waals surface area contributed by atoms with Gasteiger partial charge in [0.1, 0.15) is 5.60 Å². The second-order valence-corrected chi connectivity index (χ2v) is 4.54. The van der Waals surface area contributed by atoms with Crippen LogP contribution >= 0.6 is 0 Å². The van der Waals surface area contributed by atoms with Crippen LogP contribution in [0.15, 0.2) is 60.7 Å². The standard InChI is InChI=1S/C16H16O3/c1-12(15(17)18)16(19,13-8-4-2-5-9-13)14-10-6-3-7-11-14/h2-12,19H,1H3,(H,17,18)/p-1/t12-/m0/s1. The maximum absolute atomic E-state index is 11.2. The fourth-order valence-corrected chi connectivity index (χ4v) is 2.22. The third kappa shape index (κ3) is 2.37. The summed E-state index contributed by atoms with van der Waals surface area (Å²) < 4.78 is 0. The van der Waals surface area contributed by atoms with Crippen molar-refractivity contribution in [3.05, 3.63) is 71.8 Å². The van der Waals surface area contributed by atoms with Gasteiger partial charge in [0, 0.05) is 11.9 Å². The van der Waals surface area contributed by atoms with Gasteiger partial charge in [-0.15, -0.1) is 0 Å². The molecule has 0 unspecified atom stereocenters. The summed E-state index contributed by atoms with van der Waals surface area (Å²) in [6.45, 7) is 1.45. The zero-order chi connectivity index (χ0) is 13.9. The monoisotopic (exact) mass is 255 g/mol. The Balaban J connectivity index is 2.61. The molecule has 2 aromatic carbocycles. The summed E-state index contributed by atoms with van der Waals surface area (Å²) in [5, 5.41) is 22.2. The van der Waals surface area contributed by atoms with Crippen molar-refractivity contribution in [2.24, 2.45) is 5.92 Å². The molecule has 98 valence electrons. The third-order valence-electron chi connectivity index (χ3n) is 3.41. The number of carbonyl (C=O) groups excluding carboxylic acids is 1. The summed E-state index contributed by atoms with van der Waals surface area (Å²) in [5.74, 6) is -2.34. The lowest BCUT2D eigenvalue weighted by Crippen LogP contribution is -2.45. The van der Waals surface area contributed by atoms with Crippen LogP contribution in [0.25, 0.3) is 0 Å². The van der Waals surface area contributed by atoms with Crippen LogP contribution in [0.5, 0.6) is 0 Å². The molecule has 0 saturated carbocycles. The number of carboxylic acid groups (broad SMARTS) is 1. The van der Waals surface area contributed by atoms with Gasteiger partial charge in [-0.05, 0) is 11.1 Å². The van der Waals surface area contributed by atoms with E-state index in [2.05, 4.69) is 0 Å². The summed E-state index contributed by atoms with van der Waals surface area (Å²) in [6.07, 6.45) is 0. The molecule has 1 N–H and O–H groups in total. The quantitative estimate of drug-likeness (QED) is 0.896. The highest BCUT2D eigenvalue weighted by Crippen LogP contribution is 2.36. The molecule has 3 nitrogen and oxygen atoms in total. The first-order valence-corrected chi connectivity index (χ1v) is 6.11. The molecule has 0 aliphatic carbocycles. The highest BCUT2D eigenvalue weighted by atomic mass is 16.4. The summed E-state index contributed by atoms with van der Waals surface area (Å²) >= 11 is 0. The number of aliphatic hydroxyl groups is 1. The average molecular weight is 255 g/mol. The Hall–Kier alpha value is -2.13. The fourth-order valence-electron chi connectivity index (χ4n) is 2.22. The van der Waals surface area contributed by atoms with Crippen molar-refractivity contribution in [3.8, 4) is 0 Å². The minimum absolute atomic E-state index is 0.540. The second kappa shape index (κ2) is 5.24. The highest BCUT2D eigenvalue weighted by molar-refractivity contribution is 5.70. The Morgan fingerprint density at radius 3 is 1.68 bits per heavy atom. The fraction of sp³-hybridized carbons (Fsp3) is 0.188. The summed E-state index contributed by atoms with van der Waals surface area (Å²) in [7, 11) is 0. The van der Waals surface area contributed by atoms with Crippen LogP contribution in [0.4, 0.5) is 0 Å². The number of hydrogen-bond acceptors (Lipinski definition) is 3. The molecule has 0 bridgehead atoms. The van der Waals surface area contributed by atoms with E-state index in [1.54, 1.807) is 48.5 Å². The molecule has 2 rings (SSSR count). The van der Waals surface area contributed by atoms with Crippen LogP contribution < -0.4 is 5.11 Å². The topological polar surface area (TPSA) is 60.4 Å². The van der Waals surface area contributed by atoms with Crippen LogP contribution in [0.2, 0.25) is 0 Å². The minimum atomic E-state index is -1.60. The number of hydrogen-bond donors (Lipinski definition) is 1. The van der Waals surface area contributed by atoms with Gasteiger partial charge in [0.2, 0.25) is 0 Å². The Morgan fingerprint density at radius 1 is 1.00 bits per heavy atom. The Morgan fingerprint density at radius 2 is 1.37 bits per heavy atom. The van der Waals surface area contributed by atoms with Gasteiger partial charge in [0.25, 0.3) is 0 Å². The van der Waals surface area contributed by atoms with Crippen LogP contribution in [-0.4, -0.2) is 11.1 Å². The molecule has 3 heteroatoms. The molecule has 0 aromatic heterocycles. The lowest BCUT2D eigenvalue weighted by Gasteiger charge is -2.35. The lowest BCUT2D eigenvalue weighted by atomic mass is 9.77. The van der Waals surface area contributed by atoms with E-state index in [0.717, 1.165) is 0 Å². The predicted molar refractivity (Wildman–Crippen MR) is 70.1 cm³/mol. The van der Waals surface area contributed by atoms with E-state index in [-0.39, 0.29) is 0 Å². The highest BCUT2D eigenvalue weighted by Gasteiger charge is 2.38. The normalized spacial score (nSPS) is 12.9. The van der Waals surface area contributed by atoms with E-state index in [1.165, 1.54) is 6.92 Å². The molecule has 19 heavy (non-hydrogen) atoms. The molecule has 0 spiro atoms. The number of carboxylic acids is 1. The number of aliphatic carboxylic acids is 1. The summed E-state index contributed by atoms with van der Waals surface area (Å²) in [4.78, 5) is 11.2. The molecule has 0 fully saturated rings. The molecule has 0 saturated heterocycles. The van der Waals surface area contributed by atoms with Crippen molar-refractivity contribution >= 4 is 5.97 Å². The van der Waals surface area contributed by atoms with Gasteiger partial charge in [-0.3, -0.25) is 0 Å². The summed E-state index contributed by atoms with van der Waals surface area (Å²) in [5.41, 5.74) is -0.516. The van der Waals surface area contributed by atoms with Crippen molar-refractivity contribution in [3.63, 3.8) is 0 Å². The maximum Gasteiger partial charge on any atom is 0.122 e. The summed E-state index contributed by atoms with van der Waals surface area (Å²) in [6, 6.07) is 17.6. The Bertz CT molecular complexity index is 509. The Kier molecular flexibility index (Phi) is 3.67. The first kappa shape index (κ1) is 13.3. The van der Waals surface area contributed by atoms with Crippen LogP contribution in [-0.2, 0) is 10.4 Å². The zero-order valence-corrected chi connectivity index (χ0v) is 10.6. The van der Waals surface area contributed by atoms with E-state index >= 15 is 0 Å². The van der Waals surface area contributed by atoms with Crippen LogP contribution in [0.3, 0.4) is 0 Å². The van der Waals surface area contributed by atoms with Gasteiger partial charge < -0.3 is 15.0 Å². The molecule has 2 aromatic rings. The van der Waals surface area contributed by atoms with E-state index in [9.17, 15) is 15.0 Å². The Labute approximate surface area is 112 Å². The first-order chi connectivity index (χ1) is 9.06. The first-order valence-electron chi connectivity index (χ1n) is 6.11. The predicted octanol–water partition coefficient (Wildman–Crippen LogP) is 1.31. The SMILES string of the molecule is C[C@@H](C(=O)[O-])C(O)(c1ccccc1)c1ccccc1. The maximum atomic E-state index is 11.2.